The van der Waals surface area contributed by atoms with Crippen LogP contribution in [0.15, 0.2) is 30.3 Å². The second-order valence-corrected chi connectivity index (χ2v) is 3.73. The fourth-order valence-corrected chi connectivity index (χ4v) is 1.32. The maximum Gasteiger partial charge on any atom is 0.344 e. The number of aliphatic carboxylic acids is 1. The van der Waals surface area contributed by atoms with Gasteiger partial charge in [-0.2, -0.15) is 0 Å². The summed E-state index contributed by atoms with van der Waals surface area (Å²) in [6.45, 7) is 0. The van der Waals surface area contributed by atoms with Crippen molar-refractivity contribution >= 4 is 17.6 Å². The summed E-state index contributed by atoms with van der Waals surface area (Å²) in [4.78, 5) is 21.8. The van der Waals surface area contributed by atoms with Crippen LogP contribution < -0.4 is 16.8 Å². The van der Waals surface area contributed by atoms with Crippen LogP contribution in [0.4, 0.5) is 5.69 Å². The first-order chi connectivity index (χ1) is 7.94. The Bertz CT molecular complexity index is 408. The molecule has 0 fully saturated rings. The number of primary amides is 1. The van der Waals surface area contributed by atoms with E-state index in [4.69, 9.17) is 16.6 Å². The summed E-state index contributed by atoms with van der Waals surface area (Å²) in [6.07, 6.45) is -0.171. The molecule has 6 nitrogen and oxygen atoms in total. The molecule has 0 aliphatic heterocycles. The Balaban J connectivity index is 2.78. The average Bonchev–Trinajstić information content (AvgIpc) is 2.27. The van der Waals surface area contributed by atoms with Gasteiger partial charge in [-0.25, -0.2) is 4.79 Å². The molecule has 0 bridgehead atoms. The van der Waals surface area contributed by atoms with Gasteiger partial charge in [0.25, 0.3) is 0 Å². The molecule has 17 heavy (non-hydrogen) atoms. The number of hydrogen-bond acceptors (Lipinski definition) is 4. The molecular weight excluding hydrogens is 222 g/mol. The van der Waals surface area contributed by atoms with E-state index >= 15 is 0 Å². The number of nitrogens with one attached hydrogen (secondary N) is 1. The molecule has 1 aromatic carbocycles. The van der Waals surface area contributed by atoms with E-state index in [1.54, 1.807) is 30.3 Å². The van der Waals surface area contributed by atoms with Gasteiger partial charge in [-0.15, -0.1) is 0 Å². The third-order valence-corrected chi connectivity index (χ3v) is 2.29. The first kappa shape index (κ1) is 13.0. The van der Waals surface area contributed by atoms with Gasteiger partial charge < -0.3 is 16.2 Å². The van der Waals surface area contributed by atoms with Crippen LogP contribution in [-0.2, 0) is 9.59 Å². The van der Waals surface area contributed by atoms with Crippen molar-refractivity contribution in [2.24, 2.45) is 11.5 Å². The zero-order valence-electron chi connectivity index (χ0n) is 9.22. The third kappa shape index (κ3) is 3.76. The highest BCUT2D eigenvalue weighted by molar-refractivity contribution is 5.83. The summed E-state index contributed by atoms with van der Waals surface area (Å²) >= 11 is 0. The Labute approximate surface area is 98.6 Å². The van der Waals surface area contributed by atoms with E-state index in [0.717, 1.165) is 0 Å². The van der Waals surface area contributed by atoms with E-state index in [0.29, 0.717) is 5.69 Å². The number of nitrogens with two attached hydrogens (primary N) is 2. The standard InChI is InChI=1S/C11H15N3O3/c12-9(15)6-7-11(13,10(16)17)14-8-4-2-1-3-5-8/h1-5,14H,6-7,13H2,(H2,12,15)(H,16,17)/t11-/m1/s1. The van der Waals surface area contributed by atoms with Crippen molar-refractivity contribution in [2.75, 3.05) is 5.32 Å². The molecule has 0 radical (unpaired) electrons. The smallest absolute Gasteiger partial charge is 0.344 e. The number of hydrogen-bond donors (Lipinski definition) is 4. The van der Waals surface area contributed by atoms with E-state index in [1.807, 2.05) is 0 Å². The highest BCUT2D eigenvalue weighted by atomic mass is 16.4. The first-order valence-corrected chi connectivity index (χ1v) is 5.08. The van der Waals surface area contributed by atoms with E-state index in [2.05, 4.69) is 5.32 Å². The van der Waals surface area contributed by atoms with Gasteiger partial charge in [-0.05, 0) is 12.1 Å². The van der Waals surface area contributed by atoms with Gasteiger partial charge in [0.1, 0.15) is 0 Å². The van der Waals surface area contributed by atoms with Crippen molar-refractivity contribution in [3.8, 4) is 0 Å². The third-order valence-electron chi connectivity index (χ3n) is 2.29. The molecule has 0 spiro atoms. The predicted molar refractivity (Wildman–Crippen MR) is 63.0 cm³/mol. The summed E-state index contributed by atoms with van der Waals surface area (Å²) in [5, 5.41) is 11.7. The quantitative estimate of drug-likeness (QED) is 0.523. The molecule has 92 valence electrons. The fraction of sp³-hybridized carbons (Fsp3) is 0.273. The number of carboxylic acid groups (broad SMARTS) is 1. The highest BCUT2D eigenvalue weighted by Gasteiger charge is 2.33. The van der Waals surface area contributed by atoms with E-state index in [1.165, 1.54) is 0 Å². The van der Waals surface area contributed by atoms with Gasteiger partial charge in [0.15, 0.2) is 5.66 Å². The van der Waals surface area contributed by atoms with Crippen LogP contribution in [0.1, 0.15) is 12.8 Å². The Morgan fingerprint density at radius 2 is 1.88 bits per heavy atom. The van der Waals surface area contributed by atoms with Crippen molar-refractivity contribution < 1.29 is 14.7 Å². The predicted octanol–water partition coefficient (Wildman–Crippen LogP) is 0.104. The van der Waals surface area contributed by atoms with Crippen LogP contribution in [0.25, 0.3) is 0 Å². The normalized spacial score (nSPS) is 13.7. The van der Waals surface area contributed by atoms with Crippen molar-refractivity contribution in [1.29, 1.82) is 0 Å². The van der Waals surface area contributed by atoms with Gasteiger partial charge >= 0.3 is 5.97 Å². The number of carboxylic acids is 1. The maximum absolute atomic E-state index is 11.1. The Morgan fingerprint density at radius 3 is 2.35 bits per heavy atom. The molecule has 0 aromatic heterocycles. The number of carbonyl (C=O) groups excluding carboxylic acids is 1. The Morgan fingerprint density at radius 1 is 1.29 bits per heavy atom. The SMILES string of the molecule is NC(=O)CC[C@@](N)(Nc1ccccc1)C(=O)O. The number of anilines is 1. The number of amides is 1. The van der Waals surface area contributed by atoms with Gasteiger partial charge in [-0.1, -0.05) is 18.2 Å². The number of benzene rings is 1. The van der Waals surface area contributed by atoms with E-state index < -0.39 is 17.5 Å². The summed E-state index contributed by atoms with van der Waals surface area (Å²) in [5.74, 6) is -1.82. The largest absolute Gasteiger partial charge is 0.478 e. The van der Waals surface area contributed by atoms with Crippen LogP contribution in [-0.4, -0.2) is 22.6 Å². The summed E-state index contributed by atoms with van der Waals surface area (Å²) in [7, 11) is 0. The minimum absolute atomic E-state index is 0.0768. The summed E-state index contributed by atoms with van der Waals surface area (Å²) < 4.78 is 0. The Kier molecular flexibility index (Phi) is 4.06. The van der Waals surface area contributed by atoms with Crippen LogP contribution in [0.2, 0.25) is 0 Å². The molecule has 1 aromatic rings. The van der Waals surface area contributed by atoms with Gasteiger partial charge in [0, 0.05) is 18.5 Å². The van der Waals surface area contributed by atoms with E-state index in [-0.39, 0.29) is 12.8 Å². The lowest BCUT2D eigenvalue weighted by Gasteiger charge is -2.26. The molecule has 0 saturated heterocycles. The molecular formula is C11H15N3O3. The molecule has 1 rings (SSSR count). The minimum Gasteiger partial charge on any atom is -0.478 e. The van der Waals surface area contributed by atoms with Gasteiger partial charge in [0.05, 0.1) is 0 Å². The van der Waals surface area contributed by atoms with Crippen molar-refractivity contribution in [3.63, 3.8) is 0 Å². The van der Waals surface area contributed by atoms with Gasteiger partial charge in [-0.3, -0.25) is 10.5 Å². The highest BCUT2D eigenvalue weighted by Crippen LogP contribution is 2.15. The zero-order chi connectivity index (χ0) is 12.9. The monoisotopic (exact) mass is 237 g/mol. The molecule has 0 unspecified atom stereocenters. The topological polar surface area (TPSA) is 118 Å². The number of para-hydroxylation sites is 1. The average molecular weight is 237 g/mol. The number of rotatable bonds is 6. The molecule has 6 N–H and O–H groups in total. The van der Waals surface area contributed by atoms with Gasteiger partial charge in [0.2, 0.25) is 5.91 Å². The minimum atomic E-state index is -1.70. The molecule has 0 aliphatic rings. The maximum atomic E-state index is 11.1. The molecule has 0 saturated carbocycles. The van der Waals surface area contributed by atoms with Crippen molar-refractivity contribution in [3.05, 3.63) is 30.3 Å². The van der Waals surface area contributed by atoms with E-state index in [9.17, 15) is 9.59 Å². The molecule has 0 heterocycles. The summed E-state index contributed by atoms with van der Waals surface area (Å²) in [5.41, 5.74) is 9.55. The van der Waals surface area contributed by atoms with Crippen LogP contribution >= 0.6 is 0 Å². The first-order valence-electron chi connectivity index (χ1n) is 5.08. The lowest BCUT2D eigenvalue weighted by molar-refractivity contribution is -0.142. The lowest BCUT2D eigenvalue weighted by Crippen LogP contribution is -2.55. The van der Waals surface area contributed by atoms with Crippen LogP contribution in [0.5, 0.6) is 0 Å². The van der Waals surface area contributed by atoms with Crippen molar-refractivity contribution in [2.45, 2.75) is 18.5 Å². The van der Waals surface area contributed by atoms with Crippen molar-refractivity contribution in [1.82, 2.24) is 0 Å². The molecule has 0 aliphatic carbocycles. The molecule has 6 heteroatoms. The second-order valence-electron chi connectivity index (χ2n) is 3.73. The molecule has 1 atom stereocenters. The lowest BCUT2D eigenvalue weighted by atomic mass is 10.0. The van der Waals surface area contributed by atoms with Crippen LogP contribution in [0, 0.1) is 0 Å². The summed E-state index contributed by atoms with van der Waals surface area (Å²) in [6, 6.07) is 8.68. The molecule has 1 amide bonds. The number of carbonyl (C=O) groups is 2. The fourth-order valence-electron chi connectivity index (χ4n) is 1.32. The van der Waals surface area contributed by atoms with Crippen LogP contribution in [0.3, 0.4) is 0 Å². The zero-order valence-corrected chi connectivity index (χ0v) is 9.22. The second kappa shape index (κ2) is 5.31. The Hall–Kier alpha value is -2.08.